The number of fused-ring (bicyclic) bond motifs is 1. The third-order valence-corrected chi connectivity index (χ3v) is 6.11. The lowest BCUT2D eigenvalue weighted by molar-refractivity contribution is -0.176. The molecule has 1 fully saturated rings. The number of allylic oxidation sites excluding steroid dienone is 2. The van der Waals surface area contributed by atoms with E-state index in [2.05, 4.69) is 6.07 Å². The third kappa shape index (κ3) is 4.07. The van der Waals surface area contributed by atoms with Crippen molar-refractivity contribution in [2.24, 2.45) is 17.3 Å². The molecule has 1 N–H and O–H groups in total. The molecular formula is C23H21F3N4O2. The molecule has 0 radical (unpaired) electrons. The lowest BCUT2D eigenvalue weighted by atomic mass is 9.53. The molecule has 0 saturated heterocycles. The molecule has 2 aliphatic rings. The van der Waals surface area contributed by atoms with Gasteiger partial charge in [0.1, 0.15) is 18.3 Å². The van der Waals surface area contributed by atoms with Crippen molar-refractivity contribution in [2.45, 2.75) is 38.0 Å². The smallest absolute Gasteiger partial charge is 0.411 e. The Labute approximate surface area is 184 Å². The van der Waals surface area contributed by atoms with Gasteiger partial charge in [-0.25, -0.2) is 0 Å². The lowest BCUT2D eigenvalue weighted by Crippen LogP contribution is -2.48. The summed E-state index contributed by atoms with van der Waals surface area (Å²) in [7, 11) is 1.38. The molecule has 0 bridgehead atoms. The SMILES string of the molecule is COc1ccc([C@H]2[C@@H]3CCCC=C3[C@H](C#N)C(=N)C2(C#N)C#N)cc1COCC(F)(F)F. The Morgan fingerprint density at radius 1 is 1.22 bits per heavy atom. The standard InChI is InChI=1S/C23H21F3N4O2/c1-31-19-7-6-14(8-15(19)10-32-13-23(24,25)26)20-17-5-3-2-4-16(17)18(9-27)21(30)22(20,11-28)12-29/h4,6-8,17-18,20,30H,2-3,5,10,13H2,1H3/t17-,18+,20+/m1/s1. The van der Waals surface area contributed by atoms with E-state index in [0.29, 0.717) is 23.3 Å². The maximum Gasteiger partial charge on any atom is 0.411 e. The van der Waals surface area contributed by atoms with Gasteiger partial charge in [0.2, 0.25) is 0 Å². The van der Waals surface area contributed by atoms with Gasteiger partial charge in [0, 0.05) is 11.5 Å². The van der Waals surface area contributed by atoms with E-state index < -0.39 is 30.0 Å². The fraction of sp³-hybridized carbons (Fsp3) is 0.478. The fourth-order valence-corrected chi connectivity index (χ4v) is 4.77. The molecule has 1 aromatic carbocycles. The van der Waals surface area contributed by atoms with E-state index in [1.807, 2.05) is 18.2 Å². The summed E-state index contributed by atoms with van der Waals surface area (Å²) in [5, 5.41) is 38.3. The number of hydrogen-bond donors (Lipinski definition) is 1. The van der Waals surface area contributed by atoms with Gasteiger partial charge in [0.05, 0.1) is 37.6 Å². The normalized spacial score (nSPS) is 24.3. The van der Waals surface area contributed by atoms with E-state index in [1.54, 1.807) is 18.2 Å². The number of nitrogens with one attached hydrogen (secondary N) is 1. The maximum absolute atomic E-state index is 12.5. The number of benzene rings is 1. The zero-order chi connectivity index (χ0) is 23.5. The first-order valence-corrected chi connectivity index (χ1v) is 10.0. The molecule has 0 spiro atoms. The van der Waals surface area contributed by atoms with Gasteiger partial charge in [-0.1, -0.05) is 12.1 Å². The van der Waals surface area contributed by atoms with E-state index in [0.717, 1.165) is 18.4 Å². The molecular weight excluding hydrogens is 421 g/mol. The lowest BCUT2D eigenvalue weighted by Gasteiger charge is -2.45. The molecule has 3 atom stereocenters. The fourth-order valence-electron chi connectivity index (χ4n) is 4.77. The van der Waals surface area contributed by atoms with Crippen LogP contribution < -0.4 is 4.74 Å². The molecule has 2 aliphatic carbocycles. The average molecular weight is 442 g/mol. The largest absolute Gasteiger partial charge is 0.496 e. The highest BCUT2D eigenvalue weighted by molar-refractivity contribution is 6.00. The van der Waals surface area contributed by atoms with Crippen molar-refractivity contribution in [3.8, 4) is 24.0 Å². The highest BCUT2D eigenvalue weighted by atomic mass is 19.4. The van der Waals surface area contributed by atoms with Crippen LogP contribution in [0, 0.1) is 56.7 Å². The summed E-state index contributed by atoms with van der Waals surface area (Å²) in [5.74, 6) is -1.67. The van der Waals surface area contributed by atoms with Gasteiger partial charge < -0.3 is 14.9 Å². The predicted octanol–water partition coefficient (Wildman–Crippen LogP) is 4.79. The van der Waals surface area contributed by atoms with E-state index in [4.69, 9.17) is 14.9 Å². The van der Waals surface area contributed by atoms with E-state index in [9.17, 15) is 29.0 Å². The van der Waals surface area contributed by atoms with Crippen LogP contribution in [0.4, 0.5) is 13.2 Å². The third-order valence-electron chi connectivity index (χ3n) is 6.11. The van der Waals surface area contributed by atoms with E-state index >= 15 is 0 Å². The number of nitriles is 3. The highest BCUT2D eigenvalue weighted by Crippen LogP contribution is 2.55. The molecule has 9 heteroatoms. The number of ether oxygens (including phenoxy) is 2. The molecule has 1 saturated carbocycles. The van der Waals surface area contributed by atoms with Crippen molar-refractivity contribution in [1.29, 1.82) is 21.2 Å². The van der Waals surface area contributed by atoms with Crippen LogP contribution in [-0.2, 0) is 11.3 Å². The summed E-state index contributed by atoms with van der Waals surface area (Å²) < 4.78 is 47.6. The first-order valence-electron chi connectivity index (χ1n) is 10.0. The zero-order valence-corrected chi connectivity index (χ0v) is 17.4. The van der Waals surface area contributed by atoms with Crippen molar-refractivity contribution in [1.82, 2.24) is 0 Å². The van der Waals surface area contributed by atoms with Crippen LogP contribution in [0.3, 0.4) is 0 Å². The summed E-state index contributed by atoms with van der Waals surface area (Å²) >= 11 is 0. The second kappa shape index (κ2) is 9.02. The second-order valence-electron chi connectivity index (χ2n) is 7.91. The summed E-state index contributed by atoms with van der Waals surface area (Å²) in [6.07, 6.45) is -0.373. The summed E-state index contributed by atoms with van der Waals surface area (Å²) in [6.45, 7) is -1.80. The minimum Gasteiger partial charge on any atom is -0.496 e. The van der Waals surface area contributed by atoms with Gasteiger partial charge >= 0.3 is 6.18 Å². The average Bonchev–Trinajstić information content (AvgIpc) is 2.77. The molecule has 3 rings (SSSR count). The van der Waals surface area contributed by atoms with Crippen molar-refractivity contribution in [3.05, 3.63) is 41.0 Å². The minimum absolute atomic E-state index is 0.259. The molecule has 0 aromatic heterocycles. The Balaban J connectivity index is 2.10. The Hall–Kier alpha value is -3.35. The Morgan fingerprint density at radius 3 is 2.53 bits per heavy atom. The van der Waals surface area contributed by atoms with E-state index in [1.165, 1.54) is 7.11 Å². The number of rotatable bonds is 5. The van der Waals surface area contributed by atoms with Crippen molar-refractivity contribution in [2.75, 3.05) is 13.7 Å². The maximum atomic E-state index is 12.5. The quantitative estimate of drug-likeness (QED) is 0.659. The molecule has 32 heavy (non-hydrogen) atoms. The Kier molecular flexibility index (Phi) is 6.57. The molecule has 6 nitrogen and oxygen atoms in total. The van der Waals surface area contributed by atoms with Crippen LogP contribution in [0.5, 0.6) is 5.75 Å². The van der Waals surface area contributed by atoms with Crippen LogP contribution >= 0.6 is 0 Å². The van der Waals surface area contributed by atoms with Gasteiger partial charge in [0.15, 0.2) is 5.41 Å². The van der Waals surface area contributed by atoms with Gasteiger partial charge in [-0.3, -0.25) is 0 Å². The minimum atomic E-state index is -4.48. The summed E-state index contributed by atoms with van der Waals surface area (Å²) in [4.78, 5) is 0. The van der Waals surface area contributed by atoms with E-state index in [-0.39, 0.29) is 18.2 Å². The van der Waals surface area contributed by atoms with Crippen molar-refractivity contribution < 1.29 is 22.6 Å². The number of hydrogen-bond acceptors (Lipinski definition) is 6. The molecule has 0 unspecified atom stereocenters. The van der Waals surface area contributed by atoms with Crippen LogP contribution in [0.15, 0.2) is 29.8 Å². The topological polar surface area (TPSA) is 114 Å². The van der Waals surface area contributed by atoms with Crippen molar-refractivity contribution in [3.63, 3.8) is 0 Å². The van der Waals surface area contributed by atoms with Crippen LogP contribution in [0.25, 0.3) is 0 Å². The number of alkyl halides is 3. The predicted molar refractivity (Wildman–Crippen MR) is 107 cm³/mol. The monoisotopic (exact) mass is 442 g/mol. The summed E-state index contributed by atoms with van der Waals surface area (Å²) in [5.41, 5.74) is -0.517. The number of nitrogens with zero attached hydrogens (tertiary/aromatic N) is 3. The van der Waals surface area contributed by atoms with Gasteiger partial charge in [-0.2, -0.15) is 29.0 Å². The van der Waals surface area contributed by atoms with Gasteiger partial charge in [-0.15, -0.1) is 0 Å². The van der Waals surface area contributed by atoms with Crippen LogP contribution in [0.1, 0.15) is 36.3 Å². The molecule has 0 amide bonds. The first kappa shape index (κ1) is 23.3. The molecule has 166 valence electrons. The second-order valence-corrected chi connectivity index (χ2v) is 7.91. The zero-order valence-electron chi connectivity index (χ0n) is 17.4. The number of halogens is 3. The first-order chi connectivity index (χ1) is 15.2. The van der Waals surface area contributed by atoms with Gasteiger partial charge in [0.25, 0.3) is 0 Å². The van der Waals surface area contributed by atoms with Crippen LogP contribution in [0.2, 0.25) is 0 Å². The molecule has 1 aromatic rings. The number of methoxy groups -OCH3 is 1. The van der Waals surface area contributed by atoms with Crippen molar-refractivity contribution >= 4 is 5.71 Å². The Morgan fingerprint density at radius 2 is 1.94 bits per heavy atom. The van der Waals surface area contributed by atoms with Gasteiger partial charge in [-0.05, 0) is 48.4 Å². The highest BCUT2D eigenvalue weighted by Gasteiger charge is 2.57. The molecule has 0 heterocycles. The van der Waals surface area contributed by atoms with Crippen LogP contribution in [-0.4, -0.2) is 25.6 Å². The molecule has 0 aliphatic heterocycles. The Bertz CT molecular complexity index is 1040. The summed E-state index contributed by atoms with van der Waals surface area (Å²) in [6, 6.07) is 10.9.